The Balaban J connectivity index is 2.53. The summed E-state index contributed by atoms with van der Waals surface area (Å²) in [6.07, 6.45) is 2.30. The highest BCUT2D eigenvalue weighted by atomic mass is 16.5. The second-order valence-corrected chi connectivity index (χ2v) is 3.28. The van der Waals surface area contributed by atoms with Crippen LogP contribution in [0, 0.1) is 0 Å². The Morgan fingerprint density at radius 3 is 2.93 bits per heavy atom. The fraction of sp³-hybridized carbons (Fsp3) is 0.500. The molecule has 0 radical (unpaired) electrons. The number of nitrogens with zero attached hydrogens (tertiary/aromatic N) is 1. The van der Waals surface area contributed by atoms with Crippen molar-refractivity contribution in [2.45, 2.75) is 12.5 Å². The summed E-state index contributed by atoms with van der Waals surface area (Å²) in [5.74, 6) is 0.492. The van der Waals surface area contributed by atoms with Gasteiger partial charge in [0.1, 0.15) is 5.82 Å². The molecule has 0 fully saturated rings. The number of aliphatic hydroxyl groups is 1. The van der Waals surface area contributed by atoms with E-state index in [1.165, 1.54) is 0 Å². The van der Waals surface area contributed by atoms with Gasteiger partial charge in [-0.25, -0.2) is 4.98 Å². The van der Waals surface area contributed by atoms with Gasteiger partial charge in [-0.3, -0.25) is 0 Å². The largest absolute Gasteiger partial charge is 0.396 e. The second-order valence-electron chi connectivity index (χ2n) is 3.28. The standard InChI is InChI=1S/C10H17N3O2/c1-15-7-9(4-5-14)13-8-2-3-10(11)12-6-8/h2-3,6,9,13-14H,4-5,7H2,1H3,(H2,11,12). The van der Waals surface area contributed by atoms with Gasteiger partial charge in [-0.1, -0.05) is 0 Å². The Bertz CT molecular complexity index is 271. The number of nitrogens with two attached hydrogens (primary N) is 1. The van der Waals surface area contributed by atoms with Gasteiger partial charge in [0.25, 0.3) is 0 Å². The molecule has 1 rings (SSSR count). The van der Waals surface area contributed by atoms with E-state index in [-0.39, 0.29) is 12.6 Å². The number of nitrogens with one attached hydrogen (secondary N) is 1. The van der Waals surface area contributed by atoms with Gasteiger partial charge in [-0.15, -0.1) is 0 Å². The predicted molar refractivity (Wildman–Crippen MR) is 59.6 cm³/mol. The maximum Gasteiger partial charge on any atom is 0.123 e. The lowest BCUT2D eigenvalue weighted by molar-refractivity contribution is 0.170. The van der Waals surface area contributed by atoms with Gasteiger partial charge in [0.2, 0.25) is 0 Å². The molecule has 84 valence electrons. The number of hydrogen-bond acceptors (Lipinski definition) is 5. The zero-order valence-corrected chi connectivity index (χ0v) is 8.81. The lowest BCUT2D eigenvalue weighted by atomic mass is 10.2. The van der Waals surface area contributed by atoms with Gasteiger partial charge in [-0.2, -0.15) is 0 Å². The third-order valence-corrected chi connectivity index (χ3v) is 2.00. The smallest absolute Gasteiger partial charge is 0.123 e. The number of aliphatic hydroxyl groups excluding tert-OH is 1. The van der Waals surface area contributed by atoms with Gasteiger partial charge >= 0.3 is 0 Å². The number of hydrogen-bond donors (Lipinski definition) is 3. The summed E-state index contributed by atoms with van der Waals surface area (Å²) in [6, 6.07) is 3.67. The van der Waals surface area contributed by atoms with Crippen LogP contribution in [0.1, 0.15) is 6.42 Å². The average Bonchev–Trinajstić information content (AvgIpc) is 2.22. The van der Waals surface area contributed by atoms with Gasteiger partial charge < -0.3 is 20.9 Å². The number of aromatic nitrogens is 1. The van der Waals surface area contributed by atoms with Crippen molar-refractivity contribution in [3.8, 4) is 0 Å². The number of nitrogen functional groups attached to an aromatic ring is 1. The third kappa shape index (κ3) is 4.14. The summed E-state index contributed by atoms with van der Waals surface area (Å²) in [6.45, 7) is 0.675. The van der Waals surface area contributed by atoms with E-state index in [1.807, 2.05) is 6.07 Å². The van der Waals surface area contributed by atoms with Gasteiger partial charge in [0, 0.05) is 13.7 Å². The normalized spacial score (nSPS) is 12.4. The molecular weight excluding hydrogens is 194 g/mol. The predicted octanol–water partition coefficient (Wildman–Crippen LogP) is 0.473. The summed E-state index contributed by atoms with van der Waals surface area (Å²) in [4.78, 5) is 3.96. The van der Waals surface area contributed by atoms with E-state index < -0.39 is 0 Å². The molecule has 0 aliphatic carbocycles. The minimum absolute atomic E-state index is 0.0884. The van der Waals surface area contributed by atoms with E-state index in [0.29, 0.717) is 18.8 Å². The molecule has 0 aromatic carbocycles. The first-order valence-corrected chi connectivity index (χ1v) is 4.84. The van der Waals surface area contributed by atoms with Crippen LogP contribution in [0.25, 0.3) is 0 Å². The van der Waals surface area contributed by atoms with Gasteiger partial charge in [-0.05, 0) is 18.6 Å². The fourth-order valence-electron chi connectivity index (χ4n) is 1.28. The molecule has 0 amide bonds. The number of pyridine rings is 1. The Labute approximate surface area is 89.3 Å². The minimum Gasteiger partial charge on any atom is -0.396 e. The highest BCUT2D eigenvalue weighted by Gasteiger charge is 2.07. The van der Waals surface area contributed by atoms with Crippen molar-refractivity contribution in [2.75, 3.05) is 31.4 Å². The van der Waals surface area contributed by atoms with Crippen LogP contribution in [0.3, 0.4) is 0 Å². The van der Waals surface area contributed by atoms with Gasteiger partial charge in [0.15, 0.2) is 0 Å². The first kappa shape index (κ1) is 11.7. The molecule has 1 atom stereocenters. The Kier molecular flexibility index (Phi) is 4.86. The van der Waals surface area contributed by atoms with E-state index in [0.717, 1.165) is 5.69 Å². The number of anilines is 2. The molecule has 1 unspecified atom stereocenters. The van der Waals surface area contributed by atoms with Crippen LogP contribution >= 0.6 is 0 Å². The molecule has 0 saturated heterocycles. The van der Waals surface area contributed by atoms with Crippen LogP contribution in [0.15, 0.2) is 18.3 Å². The lowest BCUT2D eigenvalue weighted by Crippen LogP contribution is -2.26. The molecule has 0 bridgehead atoms. The SMILES string of the molecule is COCC(CCO)Nc1ccc(N)nc1. The summed E-state index contributed by atoms with van der Waals surface area (Å²) in [5, 5.41) is 12.1. The highest BCUT2D eigenvalue weighted by Crippen LogP contribution is 2.10. The number of methoxy groups -OCH3 is 1. The monoisotopic (exact) mass is 211 g/mol. The Hall–Kier alpha value is -1.33. The zero-order valence-electron chi connectivity index (χ0n) is 8.81. The van der Waals surface area contributed by atoms with Crippen LogP contribution in [0.4, 0.5) is 11.5 Å². The second kappa shape index (κ2) is 6.21. The van der Waals surface area contributed by atoms with Crippen LogP contribution in [-0.4, -0.2) is 36.5 Å². The van der Waals surface area contributed by atoms with E-state index in [1.54, 1.807) is 19.4 Å². The average molecular weight is 211 g/mol. The number of rotatable bonds is 6. The molecule has 0 aliphatic rings. The first-order chi connectivity index (χ1) is 7.26. The third-order valence-electron chi connectivity index (χ3n) is 2.00. The highest BCUT2D eigenvalue weighted by molar-refractivity contribution is 5.45. The zero-order chi connectivity index (χ0) is 11.1. The Morgan fingerprint density at radius 2 is 2.40 bits per heavy atom. The summed E-state index contributed by atoms with van der Waals surface area (Å²) in [5.41, 5.74) is 6.35. The maximum atomic E-state index is 8.85. The molecule has 15 heavy (non-hydrogen) atoms. The van der Waals surface area contributed by atoms with E-state index in [2.05, 4.69) is 10.3 Å². The molecular formula is C10H17N3O2. The van der Waals surface area contributed by atoms with Crippen molar-refractivity contribution in [1.29, 1.82) is 0 Å². The van der Waals surface area contributed by atoms with Crippen molar-refractivity contribution >= 4 is 11.5 Å². The van der Waals surface area contributed by atoms with Crippen LogP contribution in [0.5, 0.6) is 0 Å². The van der Waals surface area contributed by atoms with E-state index in [9.17, 15) is 0 Å². The fourth-order valence-corrected chi connectivity index (χ4v) is 1.28. The van der Waals surface area contributed by atoms with Crippen molar-refractivity contribution in [3.63, 3.8) is 0 Å². The molecule has 1 heterocycles. The van der Waals surface area contributed by atoms with Crippen LogP contribution < -0.4 is 11.1 Å². The van der Waals surface area contributed by atoms with Crippen molar-refractivity contribution in [3.05, 3.63) is 18.3 Å². The van der Waals surface area contributed by atoms with Crippen LogP contribution in [0.2, 0.25) is 0 Å². The molecule has 5 nitrogen and oxygen atoms in total. The topological polar surface area (TPSA) is 80.4 Å². The lowest BCUT2D eigenvalue weighted by Gasteiger charge is -2.17. The summed E-state index contributed by atoms with van der Waals surface area (Å²) in [7, 11) is 1.63. The minimum atomic E-state index is 0.0884. The van der Waals surface area contributed by atoms with E-state index in [4.69, 9.17) is 15.6 Å². The molecule has 0 spiro atoms. The first-order valence-electron chi connectivity index (χ1n) is 4.84. The quantitative estimate of drug-likeness (QED) is 0.637. The van der Waals surface area contributed by atoms with Crippen molar-refractivity contribution in [2.24, 2.45) is 0 Å². The summed E-state index contributed by atoms with van der Waals surface area (Å²) >= 11 is 0. The van der Waals surface area contributed by atoms with Crippen molar-refractivity contribution < 1.29 is 9.84 Å². The molecule has 4 N–H and O–H groups in total. The van der Waals surface area contributed by atoms with E-state index >= 15 is 0 Å². The molecule has 0 saturated carbocycles. The molecule has 1 aromatic rings. The molecule has 0 aliphatic heterocycles. The van der Waals surface area contributed by atoms with Crippen molar-refractivity contribution in [1.82, 2.24) is 4.98 Å². The maximum absolute atomic E-state index is 8.85. The Morgan fingerprint density at radius 1 is 1.60 bits per heavy atom. The molecule has 1 aromatic heterocycles. The summed E-state index contributed by atoms with van der Waals surface area (Å²) < 4.78 is 5.03. The van der Waals surface area contributed by atoms with Gasteiger partial charge in [0.05, 0.1) is 24.5 Å². The van der Waals surface area contributed by atoms with Crippen LogP contribution in [-0.2, 0) is 4.74 Å². The molecule has 5 heteroatoms. The number of ether oxygens (including phenoxy) is 1.